The lowest BCUT2D eigenvalue weighted by Crippen LogP contribution is -2.46. The zero-order chi connectivity index (χ0) is 14.0. The second-order valence-corrected chi connectivity index (χ2v) is 5.25. The number of nitrogens with zero attached hydrogens (tertiary/aromatic N) is 1. The molecule has 104 valence electrons. The van der Waals surface area contributed by atoms with Crippen molar-refractivity contribution in [3.05, 3.63) is 23.7 Å². The van der Waals surface area contributed by atoms with E-state index in [9.17, 15) is 9.59 Å². The van der Waals surface area contributed by atoms with Crippen molar-refractivity contribution >= 4 is 11.8 Å². The summed E-state index contributed by atoms with van der Waals surface area (Å²) in [5.41, 5.74) is 0. The van der Waals surface area contributed by atoms with Gasteiger partial charge in [0.1, 0.15) is 17.6 Å². The van der Waals surface area contributed by atoms with E-state index >= 15 is 0 Å². The summed E-state index contributed by atoms with van der Waals surface area (Å²) in [5, 5.41) is 2.86. The molecule has 1 fully saturated rings. The van der Waals surface area contributed by atoms with Gasteiger partial charge in [0.2, 0.25) is 11.8 Å². The molecule has 0 spiro atoms. The minimum absolute atomic E-state index is 0.0120. The lowest BCUT2D eigenvalue weighted by Gasteiger charge is -2.24. The van der Waals surface area contributed by atoms with E-state index in [2.05, 4.69) is 5.32 Å². The molecule has 19 heavy (non-hydrogen) atoms. The first-order valence-corrected chi connectivity index (χ1v) is 6.62. The average Bonchev–Trinajstić information content (AvgIpc) is 2.87. The van der Waals surface area contributed by atoms with Gasteiger partial charge in [0, 0.05) is 12.5 Å². The van der Waals surface area contributed by atoms with Crippen molar-refractivity contribution in [1.82, 2.24) is 10.2 Å². The van der Waals surface area contributed by atoms with Crippen molar-refractivity contribution in [3.63, 3.8) is 0 Å². The minimum atomic E-state index is -0.375. The lowest BCUT2D eigenvalue weighted by atomic mass is 10.2. The fraction of sp³-hybridized carbons (Fsp3) is 0.571. The summed E-state index contributed by atoms with van der Waals surface area (Å²) in [4.78, 5) is 25.6. The van der Waals surface area contributed by atoms with E-state index in [1.165, 1.54) is 0 Å². The van der Waals surface area contributed by atoms with Gasteiger partial charge >= 0.3 is 0 Å². The first kappa shape index (κ1) is 13.6. The van der Waals surface area contributed by atoms with Gasteiger partial charge in [-0.2, -0.15) is 0 Å². The van der Waals surface area contributed by atoms with Gasteiger partial charge in [0.25, 0.3) is 0 Å². The Balaban J connectivity index is 2.07. The highest BCUT2D eigenvalue weighted by Crippen LogP contribution is 2.22. The Kier molecular flexibility index (Phi) is 3.93. The smallest absolute Gasteiger partial charge is 0.243 e. The molecule has 2 rings (SSSR count). The molecule has 2 heterocycles. The van der Waals surface area contributed by atoms with E-state index in [0.29, 0.717) is 19.4 Å². The molecule has 1 unspecified atom stereocenters. The van der Waals surface area contributed by atoms with E-state index in [-0.39, 0.29) is 23.9 Å². The van der Waals surface area contributed by atoms with Crippen molar-refractivity contribution in [2.24, 2.45) is 0 Å². The van der Waals surface area contributed by atoms with Crippen LogP contribution in [0.4, 0.5) is 0 Å². The molecule has 0 aromatic carbocycles. The number of aryl methyl sites for hydroxylation is 1. The Morgan fingerprint density at radius 1 is 1.53 bits per heavy atom. The number of carbonyl (C=O) groups excluding carboxylic acids is 2. The van der Waals surface area contributed by atoms with Crippen LogP contribution in [-0.4, -0.2) is 28.8 Å². The predicted molar refractivity (Wildman–Crippen MR) is 70.3 cm³/mol. The van der Waals surface area contributed by atoms with Gasteiger partial charge in [0.05, 0.1) is 6.54 Å². The fourth-order valence-electron chi connectivity index (χ4n) is 2.32. The highest BCUT2D eigenvalue weighted by atomic mass is 16.3. The zero-order valence-corrected chi connectivity index (χ0v) is 11.6. The van der Waals surface area contributed by atoms with Crippen LogP contribution < -0.4 is 5.32 Å². The molecule has 1 aromatic heterocycles. The number of nitrogens with one attached hydrogen (secondary N) is 1. The Morgan fingerprint density at radius 2 is 2.26 bits per heavy atom. The number of hydrogen-bond donors (Lipinski definition) is 1. The summed E-state index contributed by atoms with van der Waals surface area (Å²) in [6, 6.07) is 3.41. The van der Waals surface area contributed by atoms with Crippen LogP contribution in [0.25, 0.3) is 0 Å². The average molecular weight is 264 g/mol. The Labute approximate surface area is 113 Å². The minimum Gasteiger partial charge on any atom is -0.464 e. The summed E-state index contributed by atoms with van der Waals surface area (Å²) < 4.78 is 5.48. The van der Waals surface area contributed by atoms with Crippen LogP contribution in [0.1, 0.15) is 38.2 Å². The lowest BCUT2D eigenvalue weighted by molar-refractivity contribution is -0.136. The molecule has 5 nitrogen and oxygen atoms in total. The van der Waals surface area contributed by atoms with E-state index < -0.39 is 0 Å². The molecule has 2 amide bonds. The summed E-state index contributed by atoms with van der Waals surface area (Å²) >= 11 is 0. The van der Waals surface area contributed by atoms with Crippen LogP contribution in [0.3, 0.4) is 0 Å². The van der Waals surface area contributed by atoms with Crippen molar-refractivity contribution in [2.45, 2.75) is 52.2 Å². The summed E-state index contributed by atoms with van der Waals surface area (Å²) in [7, 11) is 0. The van der Waals surface area contributed by atoms with Gasteiger partial charge in [-0.15, -0.1) is 0 Å². The molecule has 1 aromatic rings. The van der Waals surface area contributed by atoms with Gasteiger partial charge in [-0.1, -0.05) is 0 Å². The van der Waals surface area contributed by atoms with Crippen molar-refractivity contribution in [3.8, 4) is 0 Å². The van der Waals surface area contributed by atoms with Crippen LogP contribution in [0.2, 0.25) is 0 Å². The monoisotopic (exact) mass is 264 g/mol. The predicted octanol–water partition coefficient (Wildman–Crippen LogP) is 1.60. The molecular formula is C14H20N2O3. The number of amides is 2. The third-order valence-corrected chi connectivity index (χ3v) is 3.18. The highest BCUT2D eigenvalue weighted by Gasteiger charge is 2.36. The third kappa shape index (κ3) is 3.16. The van der Waals surface area contributed by atoms with Crippen molar-refractivity contribution in [1.29, 1.82) is 0 Å². The van der Waals surface area contributed by atoms with Gasteiger partial charge in [-0.3, -0.25) is 9.59 Å². The SMILES string of the molecule is Cc1ccc(CN2C(=O)CCC2C(=O)NC(C)C)o1. The number of hydrogen-bond acceptors (Lipinski definition) is 3. The first-order valence-electron chi connectivity index (χ1n) is 6.62. The zero-order valence-electron chi connectivity index (χ0n) is 11.6. The van der Waals surface area contributed by atoms with E-state index in [0.717, 1.165) is 11.5 Å². The molecule has 1 aliphatic rings. The maximum Gasteiger partial charge on any atom is 0.243 e. The van der Waals surface area contributed by atoms with E-state index in [1.54, 1.807) is 4.90 Å². The Bertz CT molecular complexity index is 479. The van der Waals surface area contributed by atoms with Crippen LogP contribution in [-0.2, 0) is 16.1 Å². The standard InChI is InChI=1S/C14H20N2O3/c1-9(2)15-14(18)12-6-7-13(17)16(12)8-11-5-4-10(3)19-11/h4-5,9,12H,6-8H2,1-3H3,(H,15,18). The van der Waals surface area contributed by atoms with Gasteiger partial charge < -0.3 is 14.6 Å². The topological polar surface area (TPSA) is 62.6 Å². The quantitative estimate of drug-likeness (QED) is 0.898. The largest absolute Gasteiger partial charge is 0.464 e. The summed E-state index contributed by atoms with van der Waals surface area (Å²) in [5.74, 6) is 1.46. The number of rotatable bonds is 4. The van der Waals surface area contributed by atoms with Crippen LogP contribution >= 0.6 is 0 Å². The second-order valence-electron chi connectivity index (χ2n) is 5.25. The van der Waals surface area contributed by atoms with Gasteiger partial charge in [0.15, 0.2) is 0 Å². The first-order chi connectivity index (χ1) is 8.97. The molecule has 0 saturated carbocycles. The Morgan fingerprint density at radius 3 is 2.84 bits per heavy atom. The number of likely N-dealkylation sites (tertiary alicyclic amines) is 1. The van der Waals surface area contributed by atoms with Gasteiger partial charge in [-0.05, 0) is 39.3 Å². The maximum absolute atomic E-state index is 12.1. The molecular weight excluding hydrogens is 244 g/mol. The molecule has 1 saturated heterocycles. The summed E-state index contributed by atoms with van der Waals surface area (Å²) in [6.45, 7) is 6.05. The fourth-order valence-corrected chi connectivity index (χ4v) is 2.32. The molecule has 0 bridgehead atoms. The van der Waals surface area contributed by atoms with Gasteiger partial charge in [-0.25, -0.2) is 0 Å². The van der Waals surface area contributed by atoms with Crippen LogP contribution in [0, 0.1) is 6.92 Å². The Hall–Kier alpha value is -1.78. The second kappa shape index (κ2) is 5.47. The molecule has 0 aliphatic carbocycles. The molecule has 5 heteroatoms. The highest BCUT2D eigenvalue weighted by molar-refractivity contribution is 5.90. The third-order valence-electron chi connectivity index (χ3n) is 3.18. The van der Waals surface area contributed by atoms with Crippen LogP contribution in [0.15, 0.2) is 16.5 Å². The molecule has 1 aliphatic heterocycles. The normalized spacial score (nSPS) is 19.3. The molecule has 0 radical (unpaired) electrons. The van der Waals surface area contributed by atoms with Crippen LogP contribution in [0.5, 0.6) is 0 Å². The number of carbonyl (C=O) groups is 2. The molecule has 1 N–H and O–H groups in total. The van der Waals surface area contributed by atoms with Crippen molar-refractivity contribution < 1.29 is 14.0 Å². The molecule has 1 atom stereocenters. The maximum atomic E-state index is 12.1. The van der Waals surface area contributed by atoms with E-state index in [4.69, 9.17) is 4.42 Å². The van der Waals surface area contributed by atoms with Crippen molar-refractivity contribution in [2.75, 3.05) is 0 Å². The van der Waals surface area contributed by atoms with E-state index in [1.807, 2.05) is 32.9 Å². The summed E-state index contributed by atoms with van der Waals surface area (Å²) in [6.07, 6.45) is 1.01. The number of furan rings is 1.